The third-order valence-electron chi connectivity index (χ3n) is 5.79. The number of methoxy groups -OCH3 is 1. The van der Waals surface area contributed by atoms with E-state index < -0.39 is 6.04 Å². The van der Waals surface area contributed by atoms with Gasteiger partial charge in [-0.05, 0) is 41.7 Å². The van der Waals surface area contributed by atoms with Crippen LogP contribution in [-0.2, 0) is 29.0 Å². The molecule has 2 aliphatic rings. The van der Waals surface area contributed by atoms with Gasteiger partial charge in [0.05, 0.1) is 13.5 Å². The molecule has 1 fully saturated rings. The summed E-state index contributed by atoms with van der Waals surface area (Å²) in [6.45, 7) is 2.10. The fraction of sp³-hybridized carbons (Fsp3) is 0.391. The number of amides is 2. The van der Waals surface area contributed by atoms with Crippen LogP contribution in [0.1, 0.15) is 29.5 Å². The average Bonchev–Trinajstić information content (AvgIpc) is 3.27. The van der Waals surface area contributed by atoms with Crippen LogP contribution in [-0.4, -0.2) is 47.9 Å². The molecule has 146 valence electrons. The van der Waals surface area contributed by atoms with E-state index in [0.29, 0.717) is 13.0 Å². The third-order valence-corrected chi connectivity index (χ3v) is 5.79. The number of fused-ring (bicyclic) bond motifs is 1. The highest BCUT2D eigenvalue weighted by Crippen LogP contribution is 2.26. The number of hydrogen-bond donors (Lipinski definition) is 0. The first-order chi connectivity index (χ1) is 13.7. The lowest BCUT2D eigenvalue weighted by Crippen LogP contribution is -2.53. The first-order valence-corrected chi connectivity index (χ1v) is 9.93. The lowest BCUT2D eigenvalue weighted by Gasteiger charge is -2.38. The van der Waals surface area contributed by atoms with Crippen LogP contribution in [0, 0.1) is 0 Å². The summed E-state index contributed by atoms with van der Waals surface area (Å²) in [5, 5.41) is 0. The normalized spacial score (nSPS) is 18.7. The van der Waals surface area contributed by atoms with Gasteiger partial charge in [0.25, 0.3) is 0 Å². The maximum absolute atomic E-state index is 13.2. The van der Waals surface area contributed by atoms with Crippen LogP contribution in [0.5, 0.6) is 5.75 Å². The molecular weight excluding hydrogens is 352 g/mol. The van der Waals surface area contributed by atoms with Crippen LogP contribution in [0.15, 0.2) is 48.5 Å². The van der Waals surface area contributed by atoms with Gasteiger partial charge in [0, 0.05) is 26.1 Å². The van der Waals surface area contributed by atoms with Gasteiger partial charge in [-0.25, -0.2) is 0 Å². The summed E-state index contributed by atoms with van der Waals surface area (Å²) in [7, 11) is 1.62. The highest BCUT2D eigenvalue weighted by Gasteiger charge is 2.37. The van der Waals surface area contributed by atoms with E-state index in [4.69, 9.17) is 4.74 Å². The Balaban J connectivity index is 1.57. The van der Waals surface area contributed by atoms with Gasteiger partial charge in [-0.15, -0.1) is 0 Å². The van der Waals surface area contributed by atoms with E-state index in [1.54, 1.807) is 12.0 Å². The number of carbonyl (C=O) groups excluding carboxylic acids is 2. The van der Waals surface area contributed by atoms with Crippen LogP contribution in [0.3, 0.4) is 0 Å². The number of ether oxygens (including phenoxy) is 1. The molecule has 0 saturated carbocycles. The van der Waals surface area contributed by atoms with Crippen molar-refractivity contribution in [2.45, 2.75) is 38.3 Å². The van der Waals surface area contributed by atoms with Crippen molar-refractivity contribution in [3.63, 3.8) is 0 Å². The second kappa shape index (κ2) is 8.05. The van der Waals surface area contributed by atoms with Gasteiger partial charge in [-0.3, -0.25) is 9.59 Å². The predicted molar refractivity (Wildman–Crippen MR) is 107 cm³/mol. The smallest absolute Gasteiger partial charge is 0.245 e. The quantitative estimate of drug-likeness (QED) is 0.822. The van der Waals surface area contributed by atoms with E-state index in [1.807, 2.05) is 41.3 Å². The molecule has 0 unspecified atom stereocenters. The van der Waals surface area contributed by atoms with Crippen LogP contribution in [0.4, 0.5) is 0 Å². The summed E-state index contributed by atoms with van der Waals surface area (Å²) in [4.78, 5) is 30.1. The molecule has 5 heteroatoms. The Morgan fingerprint density at radius 2 is 1.68 bits per heavy atom. The Kier molecular flexibility index (Phi) is 5.33. The fourth-order valence-corrected chi connectivity index (χ4v) is 4.17. The largest absolute Gasteiger partial charge is 0.497 e. The summed E-state index contributed by atoms with van der Waals surface area (Å²) in [6, 6.07) is 15.3. The molecule has 0 N–H and O–H groups in total. The fourth-order valence-electron chi connectivity index (χ4n) is 4.17. The zero-order chi connectivity index (χ0) is 19.5. The molecule has 0 aliphatic carbocycles. The zero-order valence-electron chi connectivity index (χ0n) is 16.3. The molecule has 5 nitrogen and oxygen atoms in total. The minimum absolute atomic E-state index is 0.00258. The third kappa shape index (κ3) is 3.75. The van der Waals surface area contributed by atoms with Gasteiger partial charge >= 0.3 is 0 Å². The minimum atomic E-state index is -0.404. The molecule has 0 aromatic heterocycles. The van der Waals surface area contributed by atoms with Gasteiger partial charge in [-0.1, -0.05) is 36.4 Å². The van der Waals surface area contributed by atoms with E-state index in [9.17, 15) is 9.59 Å². The summed E-state index contributed by atoms with van der Waals surface area (Å²) in [5.74, 6) is 0.859. The number of benzene rings is 2. The SMILES string of the molecule is COc1ccc(CC(=O)N2Cc3ccccc3C[C@H]2C(=O)N2CCCC2)cc1. The first kappa shape index (κ1) is 18.5. The molecule has 0 bridgehead atoms. The number of carbonyl (C=O) groups is 2. The monoisotopic (exact) mass is 378 g/mol. The molecule has 2 aromatic rings. The summed E-state index contributed by atoms with van der Waals surface area (Å²) in [6.07, 6.45) is 2.99. The molecular formula is C23H26N2O3. The van der Waals surface area contributed by atoms with Crippen molar-refractivity contribution in [3.05, 3.63) is 65.2 Å². The topological polar surface area (TPSA) is 49.9 Å². The van der Waals surface area contributed by atoms with Gasteiger partial charge in [0.2, 0.25) is 11.8 Å². The maximum Gasteiger partial charge on any atom is 0.245 e. The summed E-state index contributed by atoms with van der Waals surface area (Å²) in [5.41, 5.74) is 3.24. The van der Waals surface area contributed by atoms with Crippen molar-refractivity contribution in [1.29, 1.82) is 0 Å². The Morgan fingerprint density at radius 1 is 1.00 bits per heavy atom. The van der Waals surface area contributed by atoms with Crippen molar-refractivity contribution in [2.75, 3.05) is 20.2 Å². The average molecular weight is 378 g/mol. The summed E-state index contributed by atoms with van der Waals surface area (Å²) >= 11 is 0. The molecule has 0 radical (unpaired) electrons. The van der Waals surface area contributed by atoms with Crippen LogP contribution >= 0.6 is 0 Å². The molecule has 2 aliphatic heterocycles. The van der Waals surface area contributed by atoms with Gasteiger partial charge < -0.3 is 14.5 Å². The standard InChI is InChI=1S/C23H26N2O3/c1-28-20-10-8-17(9-11-20)14-22(26)25-16-19-7-3-2-6-18(19)15-21(25)23(27)24-12-4-5-13-24/h2-3,6-11,21H,4-5,12-16H2,1H3/t21-/m0/s1. The molecule has 0 spiro atoms. The Bertz CT molecular complexity index is 856. The second-order valence-corrected chi connectivity index (χ2v) is 7.57. The van der Waals surface area contributed by atoms with E-state index in [-0.39, 0.29) is 18.2 Å². The first-order valence-electron chi connectivity index (χ1n) is 9.93. The second-order valence-electron chi connectivity index (χ2n) is 7.57. The van der Waals surface area contributed by atoms with Crippen molar-refractivity contribution >= 4 is 11.8 Å². The van der Waals surface area contributed by atoms with Crippen molar-refractivity contribution in [2.24, 2.45) is 0 Å². The van der Waals surface area contributed by atoms with Crippen LogP contribution < -0.4 is 4.74 Å². The van der Waals surface area contributed by atoms with Gasteiger partial charge in [0.15, 0.2) is 0 Å². The number of rotatable bonds is 4. The summed E-state index contributed by atoms with van der Waals surface area (Å²) < 4.78 is 5.19. The highest BCUT2D eigenvalue weighted by molar-refractivity contribution is 5.89. The number of likely N-dealkylation sites (tertiary alicyclic amines) is 1. The lowest BCUT2D eigenvalue weighted by molar-refractivity contribution is -0.146. The van der Waals surface area contributed by atoms with Gasteiger partial charge in [-0.2, -0.15) is 0 Å². The molecule has 28 heavy (non-hydrogen) atoms. The Labute approximate surface area is 165 Å². The maximum atomic E-state index is 13.2. The zero-order valence-corrected chi connectivity index (χ0v) is 16.3. The Hall–Kier alpha value is -2.82. The van der Waals surface area contributed by atoms with Crippen LogP contribution in [0.25, 0.3) is 0 Å². The van der Waals surface area contributed by atoms with E-state index in [2.05, 4.69) is 12.1 Å². The molecule has 1 saturated heterocycles. The number of nitrogens with zero attached hydrogens (tertiary/aromatic N) is 2. The van der Waals surface area contributed by atoms with Crippen LogP contribution in [0.2, 0.25) is 0 Å². The van der Waals surface area contributed by atoms with E-state index in [0.717, 1.165) is 42.8 Å². The van der Waals surface area contributed by atoms with Crippen molar-refractivity contribution in [3.8, 4) is 5.75 Å². The minimum Gasteiger partial charge on any atom is -0.497 e. The van der Waals surface area contributed by atoms with E-state index >= 15 is 0 Å². The lowest BCUT2D eigenvalue weighted by atomic mass is 9.92. The van der Waals surface area contributed by atoms with E-state index in [1.165, 1.54) is 5.56 Å². The van der Waals surface area contributed by atoms with Crippen molar-refractivity contribution in [1.82, 2.24) is 9.80 Å². The highest BCUT2D eigenvalue weighted by atomic mass is 16.5. The van der Waals surface area contributed by atoms with Gasteiger partial charge in [0.1, 0.15) is 11.8 Å². The van der Waals surface area contributed by atoms with Crippen molar-refractivity contribution < 1.29 is 14.3 Å². The Morgan fingerprint density at radius 3 is 2.36 bits per heavy atom. The molecule has 1 atom stereocenters. The molecule has 2 amide bonds. The number of hydrogen-bond acceptors (Lipinski definition) is 3. The predicted octanol–water partition coefficient (Wildman–Crippen LogP) is 2.81. The molecule has 2 aromatic carbocycles. The molecule has 2 heterocycles. The molecule has 4 rings (SSSR count).